The van der Waals surface area contributed by atoms with Crippen LogP contribution < -0.4 is 10.6 Å². The number of piperidine rings is 1. The minimum atomic E-state index is 0. The van der Waals surface area contributed by atoms with Crippen molar-refractivity contribution in [3.05, 3.63) is 22.4 Å². The van der Waals surface area contributed by atoms with Gasteiger partial charge in [0.2, 0.25) is 0 Å². The van der Waals surface area contributed by atoms with Crippen LogP contribution in [0.25, 0.3) is 0 Å². The van der Waals surface area contributed by atoms with E-state index in [-0.39, 0.29) is 18.3 Å². The summed E-state index contributed by atoms with van der Waals surface area (Å²) < 4.78 is 0. The van der Waals surface area contributed by atoms with Crippen molar-refractivity contribution >= 4 is 29.7 Å². The Morgan fingerprint density at radius 2 is 2.47 bits per heavy atom. The summed E-state index contributed by atoms with van der Waals surface area (Å²) in [7, 11) is 0. The van der Waals surface area contributed by atoms with E-state index in [4.69, 9.17) is 0 Å². The first kappa shape index (κ1) is 14.5. The van der Waals surface area contributed by atoms with Crippen molar-refractivity contribution in [1.82, 2.24) is 10.6 Å². The molecule has 1 fully saturated rings. The highest BCUT2D eigenvalue weighted by atomic mass is 35.5. The largest absolute Gasteiger partial charge is 0.352 e. The van der Waals surface area contributed by atoms with Crippen LogP contribution in [0.15, 0.2) is 16.8 Å². The molecule has 1 aromatic heterocycles. The fraction of sp³-hybridized carbons (Fsp3) is 0.583. The maximum atomic E-state index is 11.6. The number of hydrogen-bond acceptors (Lipinski definition) is 3. The van der Waals surface area contributed by atoms with Crippen molar-refractivity contribution in [3.63, 3.8) is 0 Å². The summed E-state index contributed by atoms with van der Waals surface area (Å²) in [5, 5.41) is 10.2. The summed E-state index contributed by atoms with van der Waals surface area (Å²) >= 11 is 1.56. The van der Waals surface area contributed by atoms with Crippen molar-refractivity contribution in [3.8, 4) is 0 Å². The molecule has 0 spiro atoms. The van der Waals surface area contributed by atoms with Gasteiger partial charge in [-0.1, -0.05) is 0 Å². The summed E-state index contributed by atoms with van der Waals surface area (Å²) in [4.78, 5) is 11.6. The highest BCUT2D eigenvalue weighted by Crippen LogP contribution is 2.13. The number of hydrogen-bond donors (Lipinski definition) is 2. The van der Waals surface area contributed by atoms with E-state index >= 15 is 0 Å². The average Bonchev–Trinajstić information content (AvgIpc) is 2.84. The van der Waals surface area contributed by atoms with E-state index in [1.807, 2.05) is 16.8 Å². The molecule has 1 aliphatic heterocycles. The molecule has 17 heavy (non-hydrogen) atoms. The third-order valence-corrected chi connectivity index (χ3v) is 3.70. The van der Waals surface area contributed by atoms with Gasteiger partial charge in [-0.2, -0.15) is 11.3 Å². The molecule has 1 amide bonds. The lowest BCUT2D eigenvalue weighted by molar-refractivity contribution is 0.0951. The number of carbonyl (C=O) groups excluding carboxylic acids is 1. The molecular formula is C12H19ClN2OS. The van der Waals surface area contributed by atoms with Crippen LogP contribution in [0.1, 0.15) is 29.6 Å². The number of carbonyl (C=O) groups is 1. The Balaban J connectivity index is 0.00000144. The van der Waals surface area contributed by atoms with Crippen molar-refractivity contribution in [2.45, 2.75) is 19.3 Å². The maximum Gasteiger partial charge on any atom is 0.252 e. The SMILES string of the molecule is Cl.O=C(NCCC1CCCNC1)c1ccsc1. The number of halogens is 1. The van der Waals surface area contributed by atoms with Crippen LogP contribution in [0.2, 0.25) is 0 Å². The van der Waals surface area contributed by atoms with E-state index < -0.39 is 0 Å². The number of amides is 1. The van der Waals surface area contributed by atoms with Crippen molar-refractivity contribution < 1.29 is 4.79 Å². The summed E-state index contributed by atoms with van der Waals surface area (Å²) in [5.74, 6) is 0.793. The zero-order valence-electron chi connectivity index (χ0n) is 9.78. The Labute approximate surface area is 112 Å². The van der Waals surface area contributed by atoms with Crippen LogP contribution in [0.4, 0.5) is 0 Å². The lowest BCUT2D eigenvalue weighted by Gasteiger charge is -2.22. The second kappa shape index (κ2) is 7.69. The standard InChI is InChI=1S/C12H18N2OS.ClH/c15-12(11-4-7-16-9-11)14-6-3-10-2-1-5-13-8-10;/h4,7,9-10,13H,1-3,5-6,8H2,(H,14,15);1H. The quantitative estimate of drug-likeness (QED) is 0.885. The van der Waals surface area contributed by atoms with Gasteiger partial charge in [0.25, 0.3) is 5.91 Å². The van der Waals surface area contributed by atoms with Crippen LogP contribution in [-0.2, 0) is 0 Å². The zero-order chi connectivity index (χ0) is 11.2. The van der Waals surface area contributed by atoms with Gasteiger partial charge in [-0.15, -0.1) is 12.4 Å². The van der Waals surface area contributed by atoms with Crippen molar-refractivity contribution in [2.24, 2.45) is 5.92 Å². The molecule has 0 bridgehead atoms. The van der Waals surface area contributed by atoms with Crippen LogP contribution >= 0.6 is 23.7 Å². The van der Waals surface area contributed by atoms with E-state index in [1.54, 1.807) is 11.3 Å². The molecule has 5 heteroatoms. The minimum absolute atomic E-state index is 0. The molecular weight excluding hydrogens is 256 g/mol. The Hall–Kier alpha value is -0.580. The molecule has 0 saturated carbocycles. The third-order valence-electron chi connectivity index (χ3n) is 3.02. The van der Waals surface area contributed by atoms with Crippen LogP contribution in [-0.4, -0.2) is 25.5 Å². The minimum Gasteiger partial charge on any atom is -0.352 e. The molecule has 0 aromatic carbocycles. The van der Waals surface area contributed by atoms with Crippen LogP contribution in [0.5, 0.6) is 0 Å². The topological polar surface area (TPSA) is 41.1 Å². The Morgan fingerprint density at radius 3 is 3.12 bits per heavy atom. The fourth-order valence-corrected chi connectivity index (χ4v) is 2.69. The third kappa shape index (κ3) is 4.66. The van der Waals surface area contributed by atoms with Crippen LogP contribution in [0, 0.1) is 5.92 Å². The first-order valence-corrected chi connectivity index (χ1v) is 6.81. The molecule has 0 aliphatic carbocycles. The van der Waals surface area contributed by atoms with E-state index in [2.05, 4.69) is 10.6 Å². The van der Waals surface area contributed by atoms with Gasteiger partial charge in [0.1, 0.15) is 0 Å². The monoisotopic (exact) mass is 274 g/mol. The molecule has 1 unspecified atom stereocenters. The number of nitrogens with one attached hydrogen (secondary N) is 2. The smallest absolute Gasteiger partial charge is 0.252 e. The first-order valence-electron chi connectivity index (χ1n) is 5.87. The summed E-state index contributed by atoms with van der Waals surface area (Å²) in [6.07, 6.45) is 3.65. The lowest BCUT2D eigenvalue weighted by Crippen LogP contribution is -2.33. The van der Waals surface area contributed by atoms with Gasteiger partial charge < -0.3 is 10.6 Å². The maximum absolute atomic E-state index is 11.6. The van der Waals surface area contributed by atoms with Gasteiger partial charge in [-0.05, 0) is 49.7 Å². The molecule has 96 valence electrons. The highest BCUT2D eigenvalue weighted by Gasteiger charge is 2.13. The van der Waals surface area contributed by atoms with Gasteiger partial charge in [-0.3, -0.25) is 4.79 Å². The second-order valence-corrected chi connectivity index (χ2v) is 5.05. The number of rotatable bonds is 4. The summed E-state index contributed by atoms with van der Waals surface area (Å²) in [5.41, 5.74) is 0.784. The molecule has 2 rings (SSSR count). The predicted molar refractivity (Wildman–Crippen MR) is 74.1 cm³/mol. The van der Waals surface area contributed by atoms with E-state index in [1.165, 1.54) is 12.8 Å². The molecule has 1 aromatic rings. The summed E-state index contributed by atoms with van der Waals surface area (Å²) in [6.45, 7) is 3.05. The molecule has 1 saturated heterocycles. The number of thiophene rings is 1. The molecule has 0 radical (unpaired) electrons. The average molecular weight is 275 g/mol. The lowest BCUT2D eigenvalue weighted by atomic mass is 9.96. The van der Waals surface area contributed by atoms with E-state index in [9.17, 15) is 4.79 Å². The molecule has 1 atom stereocenters. The molecule has 3 nitrogen and oxygen atoms in total. The Kier molecular flexibility index (Phi) is 6.55. The van der Waals surface area contributed by atoms with Gasteiger partial charge in [0, 0.05) is 17.5 Å². The van der Waals surface area contributed by atoms with Gasteiger partial charge in [-0.25, -0.2) is 0 Å². The molecule has 2 N–H and O–H groups in total. The van der Waals surface area contributed by atoms with Crippen LogP contribution in [0.3, 0.4) is 0 Å². The fourth-order valence-electron chi connectivity index (χ4n) is 2.06. The summed E-state index contributed by atoms with van der Waals surface area (Å²) in [6, 6.07) is 1.86. The highest BCUT2D eigenvalue weighted by molar-refractivity contribution is 7.08. The molecule has 2 heterocycles. The van der Waals surface area contributed by atoms with Gasteiger partial charge in [0.05, 0.1) is 0 Å². The Morgan fingerprint density at radius 1 is 1.59 bits per heavy atom. The zero-order valence-corrected chi connectivity index (χ0v) is 11.4. The van der Waals surface area contributed by atoms with Crippen molar-refractivity contribution in [2.75, 3.05) is 19.6 Å². The Bertz CT molecular complexity index is 323. The first-order chi connectivity index (χ1) is 7.86. The van der Waals surface area contributed by atoms with Gasteiger partial charge in [0.15, 0.2) is 0 Å². The normalized spacial score (nSPS) is 19.4. The second-order valence-electron chi connectivity index (χ2n) is 4.27. The molecule has 1 aliphatic rings. The predicted octanol–water partition coefficient (Wildman–Crippen LogP) is 2.29. The van der Waals surface area contributed by atoms with Gasteiger partial charge >= 0.3 is 0 Å². The van der Waals surface area contributed by atoms with Crippen molar-refractivity contribution in [1.29, 1.82) is 0 Å². The van der Waals surface area contributed by atoms with E-state index in [0.29, 0.717) is 0 Å². The van der Waals surface area contributed by atoms with E-state index in [0.717, 1.165) is 37.5 Å².